The highest BCUT2D eigenvalue weighted by atomic mass is 32.2. The Morgan fingerprint density at radius 3 is 2.43 bits per heavy atom. The highest BCUT2D eigenvalue weighted by Crippen LogP contribution is 2.34. The lowest BCUT2D eigenvalue weighted by Crippen LogP contribution is -2.13. The normalized spacial score (nSPS) is 17.6. The number of hydrogen-bond donors (Lipinski definition) is 2. The van der Waals surface area contributed by atoms with E-state index in [2.05, 4.69) is 10.4 Å². The second-order valence-corrected chi connectivity index (χ2v) is 7.80. The Labute approximate surface area is 127 Å². The van der Waals surface area contributed by atoms with E-state index in [1.54, 1.807) is 4.68 Å². The molecular formula is C14H26N4O2S. The summed E-state index contributed by atoms with van der Waals surface area (Å²) in [6, 6.07) is 0.213. The summed E-state index contributed by atoms with van der Waals surface area (Å²) < 4.78 is 25.8. The Kier molecular flexibility index (Phi) is 5.13. The van der Waals surface area contributed by atoms with Crippen molar-refractivity contribution < 1.29 is 8.42 Å². The van der Waals surface area contributed by atoms with Crippen LogP contribution in [0.4, 0.5) is 11.6 Å². The lowest BCUT2D eigenvalue weighted by Gasteiger charge is -2.16. The van der Waals surface area contributed by atoms with Crippen LogP contribution in [0.1, 0.15) is 57.9 Å². The topological polar surface area (TPSA) is 90.0 Å². The van der Waals surface area contributed by atoms with Gasteiger partial charge in [0.2, 0.25) is 0 Å². The van der Waals surface area contributed by atoms with Crippen molar-refractivity contribution in [2.45, 2.75) is 62.8 Å². The highest BCUT2D eigenvalue weighted by molar-refractivity contribution is 7.91. The van der Waals surface area contributed by atoms with Crippen LogP contribution in [0.25, 0.3) is 0 Å². The van der Waals surface area contributed by atoms with E-state index in [4.69, 9.17) is 5.73 Å². The minimum absolute atomic E-state index is 0.153. The zero-order valence-corrected chi connectivity index (χ0v) is 13.7. The Bertz CT molecular complexity index is 572. The van der Waals surface area contributed by atoms with Gasteiger partial charge in [-0.05, 0) is 19.3 Å². The maximum Gasteiger partial charge on any atom is 0.182 e. The van der Waals surface area contributed by atoms with E-state index in [1.165, 1.54) is 19.1 Å². The number of nitrogens with zero attached hydrogens (tertiary/aromatic N) is 2. The molecule has 1 saturated carbocycles. The van der Waals surface area contributed by atoms with Crippen molar-refractivity contribution in [3.8, 4) is 0 Å². The number of nitrogens with two attached hydrogens (primary N) is 1. The van der Waals surface area contributed by atoms with E-state index in [0.717, 1.165) is 32.1 Å². The molecule has 7 heteroatoms. The number of sulfone groups is 1. The maximum atomic E-state index is 12.0. The van der Waals surface area contributed by atoms with E-state index in [9.17, 15) is 8.42 Å². The van der Waals surface area contributed by atoms with Crippen molar-refractivity contribution >= 4 is 21.5 Å². The van der Waals surface area contributed by atoms with E-state index in [1.807, 2.05) is 6.92 Å². The first kappa shape index (κ1) is 16.1. The fourth-order valence-electron chi connectivity index (χ4n) is 2.94. The van der Waals surface area contributed by atoms with Crippen LogP contribution in [-0.4, -0.2) is 31.0 Å². The fraction of sp³-hybridized carbons (Fsp3) is 0.786. The molecular weight excluding hydrogens is 288 g/mol. The number of anilines is 2. The molecule has 3 N–H and O–H groups in total. The van der Waals surface area contributed by atoms with Crippen molar-refractivity contribution in [2.24, 2.45) is 0 Å². The molecule has 0 atom stereocenters. The quantitative estimate of drug-likeness (QED) is 0.815. The van der Waals surface area contributed by atoms with Crippen molar-refractivity contribution in [1.29, 1.82) is 0 Å². The monoisotopic (exact) mass is 314 g/mol. The summed E-state index contributed by atoms with van der Waals surface area (Å²) in [5.74, 6) is 0.684. The summed E-state index contributed by atoms with van der Waals surface area (Å²) in [6.07, 6.45) is 8.89. The number of aromatic nitrogens is 2. The maximum absolute atomic E-state index is 12.0. The third-order valence-electron chi connectivity index (χ3n) is 3.99. The predicted octanol–water partition coefficient (Wildman–Crippen LogP) is 2.59. The van der Waals surface area contributed by atoms with Gasteiger partial charge in [0.15, 0.2) is 20.6 Å². The van der Waals surface area contributed by atoms with Crippen LogP contribution in [0.2, 0.25) is 0 Å². The van der Waals surface area contributed by atoms with Crippen LogP contribution in [0.15, 0.2) is 4.90 Å². The van der Waals surface area contributed by atoms with Crippen LogP contribution >= 0.6 is 0 Å². The van der Waals surface area contributed by atoms with Crippen molar-refractivity contribution in [2.75, 3.05) is 23.9 Å². The molecule has 0 aromatic carbocycles. The SMILES string of the molecule is CCCNc1nn(C2CCCCCC2)c(N)c1S(C)(=O)=O. The predicted molar refractivity (Wildman–Crippen MR) is 85.3 cm³/mol. The molecule has 2 rings (SSSR count). The zero-order chi connectivity index (χ0) is 15.5. The Balaban J connectivity index is 2.40. The Hall–Kier alpha value is -1.24. The molecule has 0 amide bonds. The van der Waals surface area contributed by atoms with Crippen molar-refractivity contribution in [1.82, 2.24) is 9.78 Å². The average Bonchev–Trinajstić information content (AvgIpc) is 2.61. The number of hydrogen-bond acceptors (Lipinski definition) is 5. The largest absolute Gasteiger partial charge is 0.383 e. The summed E-state index contributed by atoms with van der Waals surface area (Å²) in [5.41, 5.74) is 6.13. The fourth-order valence-corrected chi connectivity index (χ4v) is 3.88. The molecule has 0 unspecified atom stereocenters. The van der Waals surface area contributed by atoms with E-state index >= 15 is 0 Å². The van der Waals surface area contributed by atoms with Gasteiger partial charge in [-0.3, -0.25) is 0 Å². The van der Waals surface area contributed by atoms with Gasteiger partial charge < -0.3 is 11.1 Å². The lowest BCUT2D eigenvalue weighted by molar-refractivity contribution is 0.411. The first-order chi connectivity index (χ1) is 9.95. The third-order valence-corrected chi connectivity index (χ3v) is 5.13. The molecule has 1 aliphatic rings. The molecule has 0 saturated heterocycles. The molecule has 1 aromatic heterocycles. The number of rotatable bonds is 5. The van der Waals surface area contributed by atoms with Gasteiger partial charge in [-0.15, -0.1) is 0 Å². The summed E-state index contributed by atoms with van der Waals surface area (Å²) in [6.45, 7) is 2.71. The first-order valence-corrected chi connectivity index (χ1v) is 9.66. The molecule has 0 spiro atoms. The zero-order valence-electron chi connectivity index (χ0n) is 12.9. The molecule has 120 valence electrons. The van der Waals surface area contributed by atoms with Gasteiger partial charge in [0.1, 0.15) is 5.82 Å². The van der Waals surface area contributed by atoms with Crippen molar-refractivity contribution in [3.05, 3.63) is 0 Å². The third kappa shape index (κ3) is 3.70. The van der Waals surface area contributed by atoms with Crippen LogP contribution in [0.3, 0.4) is 0 Å². The molecule has 1 aliphatic carbocycles. The highest BCUT2D eigenvalue weighted by Gasteiger charge is 2.27. The van der Waals surface area contributed by atoms with E-state index in [0.29, 0.717) is 12.4 Å². The van der Waals surface area contributed by atoms with Crippen LogP contribution < -0.4 is 11.1 Å². The minimum Gasteiger partial charge on any atom is -0.383 e. The summed E-state index contributed by atoms with van der Waals surface area (Å²) >= 11 is 0. The summed E-state index contributed by atoms with van der Waals surface area (Å²) in [7, 11) is -3.39. The molecule has 0 aliphatic heterocycles. The molecule has 0 radical (unpaired) electrons. The summed E-state index contributed by atoms with van der Waals surface area (Å²) in [5, 5.41) is 7.57. The standard InChI is InChI=1S/C14H26N4O2S/c1-3-10-16-14-12(21(2,19)20)13(15)18(17-14)11-8-6-4-5-7-9-11/h11H,3-10,15H2,1-2H3,(H,16,17). The van der Waals surface area contributed by atoms with Gasteiger partial charge >= 0.3 is 0 Å². The lowest BCUT2D eigenvalue weighted by atomic mass is 10.1. The van der Waals surface area contributed by atoms with Gasteiger partial charge in [-0.1, -0.05) is 32.6 Å². The molecule has 6 nitrogen and oxygen atoms in total. The van der Waals surface area contributed by atoms with Gasteiger partial charge in [0.05, 0.1) is 6.04 Å². The first-order valence-electron chi connectivity index (χ1n) is 7.77. The second-order valence-electron chi connectivity index (χ2n) is 5.85. The van der Waals surface area contributed by atoms with Gasteiger partial charge in [0.25, 0.3) is 0 Å². The summed E-state index contributed by atoms with van der Waals surface area (Å²) in [4.78, 5) is 0.153. The van der Waals surface area contributed by atoms with E-state index < -0.39 is 9.84 Å². The van der Waals surface area contributed by atoms with Gasteiger partial charge in [-0.25, -0.2) is 13.1 Å². The molecule has 1 aromatic rings. The van der Waals surface area contributed by atoms with E-state index in [-0.39, 0.29) is 16.8 Å². The smallest absolute Gasteiger partial charge is 0.182 e. The molecule has 0 bridgehead atoms. The van der Waals surface area contributed by atoms with Crippen LogP contribution in [0.5, 0.6) is 0 Å². The minimum atomic E-state index is -3.39. The van der Waals surface area contributed by atoms with Crippen LogP contribution in [0, 0.1) is 0 Å². The molecule has 1 heterocycles. The molecule has 1 fully saturated rings. The second kappa shape index (κ2) is 6.68. The molecule has 21 heavy (non-hydrogen) atoms. The van der Waals surface area contributed by atoms with Gasteiger partial charge in [-0.2, -0.15) is 5.10 Å². The Morgan fingerprint density at radius 2 is 1.90 bits per heavy atom. The van der Waals surface area contributed by atoms with Crippen molar-refractivity contribution in [3.63, 3.8) is 0 Å². The van der Waals surface area contributed by atoms with Gasteiger partial charge in [0, 0.05) is 12.8 Å². The number of nitrogens with one attached hydrogen (secondary N) is 1. The average molecular weight is 314 g/mol. The van der Waals surface area contributed by atoms with Crippen LogP contribution in [-0.2, 0) is 9.84 Å². The number of nitrogen functional groups attached to an aromatic ring is 1. The Morgan fingerprint density at radius 1 is 1.29 bits per heavy atom.